The molecule has 1 aromatic heterocycles. The minimum atomic E-state index is -0.474. The van der Waals surface area contributed by atoms with Crippen LogP contribution in [0.1, 0.15) is 59.4 Å². The molecular formula is C19H24N4O3. The van der Waals surface area contributed by atoms with Gasteiger partial charge in [-0.05, 0) is 56.6 Å². The number of fused-ring (bicyclic) bond motifs is 1. The van der Waals surface area contributed by atoms with E-state index in [-0.39, 0.29) is 35.4 Å². The molecule has 0 aromatic carbocycles. The third kappa shape index (κ3) is 2.80. The molecule has 0 spiro atoms. The Labute approximate surface area is 152 Å². The first-order valence-corrected chi connectivity index (χ1v) is 9.45. The van der Waals surface area contributed by atoms with E-state index in [0.717, 1.165) is 38.8 Å². The Kier molecular flexibility index (Phi) is 4.48. The van der Waals surface area contributed by atoms with Crippen molar-refractivity contribution in [3.05, 3.63) is 29.6 Å². The number of imide groups is 1. The van der Waals surface area contributed by atoms with Gasteiger partial charge < -0.3 is 10.6 Å². The van der Waals surface area contributed by atoms with Gasteiger partial charge in [0.25, 0.3) is 11.8 Å². The molecule has 0 bridgehead atoms. The van der Waals surface area contributed by atoms with Gasteiger partial charge in [0, 0.05) is 25.3 Å². The standard InChI is InChI=1S/C19H24N4O3/c20-15(18(25)22-10-1-2-11-22)12-5-7-13(8-6-12)23-17(24)14-4-3-9-21-16(14)19(23)26/h3-4,9,12-13,15H,1-2,5-8,10-11,20H2/t12-,13-,15-/m0/s1. The van der Waals surface area contributed by atoms with Gasteiger partial charge in [-0.3, -0.25) is 24.3 Å². The van der Waals surface area contributed by atoms with Crippen molar-refractivity contribution in [2.45, 2.75) is 50.6 Å². The number of pyridine rings is 1. The van der Waals surface area contributed by atoms with Crippen LogP contribution < -0.4 is 5.73 Å². The Hall–Kier alpha value is -2.28. The van der Waals surface area contributed by atoms with Crippen LogP contribution in [0.4, 0.5) is 0 Å². The predicted octanol–water partition coefficient (Wildman–Crippen LogP) is 1.19. The zero-order valence-electron chi connectivity index (χ0n) is 14.8. The Morgan fingerprint density at radius 2 is 1.81 bits per heavy atom. The average molecular weight is 356 g/mol. The SMILES string of the molecule is N[C@H](C(=O)N1CCCC1)[C@H]1CC[C@H](N2C(=O)c3cccnc3C2=O)CC1. The third-order valence-electron chi connectivity index (χ3n) is 6.00. The lowest BCUT2D eigenvalue weighted by Crippen LogP contribution is -2.49. The van der Waals surface area contributed by atoms with Gasteiger partial charge >= 0.3 is 0 Å². The summed E-state index contributed by atoms with van der Waals surface area (Å²) in [6, 6.07) is 2.72. The van der Waals surface area contributed by atoms with Gasteiger partial charge in [0.15, 0.2) is 0 Å². The maximum atomic E-state index is 12.6. The molecule has 2 aliphatic heterocycles. The maximum absolute atomic E-state index is 12.6. The van der Waals surface area contributed by atoms with Crippen LogP contribution in [0.15, 0.2) is 18.3 Å². The molecule has 0 unspecified atom stereocenters. The molecule has 1 saturated heterocycles. The number of nitrogens with zero attached hydrogens (tertiary/aromatic N) is 3. The minimum Gasteiger partial charge on any atom is -0.341 e. The zero-order valence-corrected chi connectivity index (χ0v) is 14.8. The molecule has 1 saturated carbocycles. The van der Waals surface area contributed by atoms with Crippen LogP contribution in [0.3, 0.4) is 0 Å². The summed E-state index contributed by atoms with van der Waals surface area (Å²) >= 11 is 0. The molecule has 3 amide bonds. The van der Waals surface area contributed by atoms with E-state index in [1.54, 1.807) is 12.1 Å². The summed E-state index contributed by atoms with van der Waals surface area (Å²) in [5, 5.41) is 0. The molecule has 1 aliphatic carbocycles. The van der Waals surface area contributed by atoms with Crippen LogP contribution in [-0.2, 0) is 4.79 Å². The molecule has 3 aliphatic rings. The molecule has 7 nitrogen and oxygen atoms in total. The number of rotatable bonds is 3. The Bertz CT molecular complexity index is 701. The van der Waals surface area contributed by atoms with Crippen LogP contribution in [0, 0.1) is 5.92 Å². The molecule has 26 heavy (non-hydrogen) atoms. The first-order valence-electron chi connectivity index (χ1n) is 9.45. The second-order valence-corrected chi connectivity index (χ2v) is 7.51. The number of aromatic nitrogens is 1. The summed E-state index contributed by atoms with van der Waals surface area (Å²) in [5.74, 6) is -0.381. The predicted molar refractivity (Wildman–Crippen MR) is 94.3 cm³/mol. The second kappa shape index (κ2) is 6.79. The van der Waals surface area contributed by atoms with Gasteiger partial charge in [-0.2, -0.15) is 0 Å². The van der Waals surface area contributed by atoms with Crippen molar-refractivity contribution in [1.82, 2.24) is 14.8 Å². The van der Waals surface area contributed by atoms with Crippen molar-refractivity contribution in [2.24, 2.45) is 11.7 Å². The molecule has 138 valence electrons. The average Bonchev–Trinajstić information content (AvgIpc) is 3.29. The van der Waals surface area contributed by atoms with Gasteiger partial charge in [-0.1, -0.05) is 0 Å². The lowest BCUT2D eigenvalue weighted by molar-refractivity contribution is -0.133. The fourth-order valence-corrected chi connectivity index (χ4v) is 4.48. The van der Waals surface area contributed by atoms with E-state index in [4.69, 9.17) is 5.73 Å². The summed E-state index contributed by atoms with van der Waals surface area (Å²) in [5.41, 5.74) is 6.89. The minimum absolute atomic E-state index is 0.0517. The van der Waals surface area contributed by atoms with Crippen LogP contribution >= 0.6 is 0 Å². The van der Waals surface area contributed by atoms with Crippen LogP contribution in [0.5, 0.6) is 0 Å². The summed E-state index contributed by atoms with van der Waals surface area (Å²) in [6.07, 6.45) is 6.54. The zero-order chi connectivity index (χ0) is 18.3. The molecule has 7 heteroatoms. The summed E-state index contributed by atoms with van der Waals surface area (Å²) in [7, 11) is 0. The Morgan fingerprint density at radius 1 is 1.12 bits per heavy atom. The number of amides is 3. The quantitative estimate of drug-likeness (QED) is 0.821. The smallest absolute Gasteiger partial charge is 0.280 e. The van der Waals surface area contributed by atoms with Crippen molar-refractivity contribution in [3.8, 4) is 0 Å². The molecule has 3 heterocycles. The van der Waals surface area contributed by atoms with E-state index in [0.29, 0.717) is 18.4 Å². The van der Waals surface area contributed by atoms with E-state index < -0.39 is 6.04 Å². The van der Waals surface area contributed by atoms with Crippen molar-refractivity contribution in [3.63, 3.8) is 0 Å². The van der Waals surface area contributed by atoms with Gasteiger partial charge in [-0.25, -0.2) is 0 Å². The van der Waals surface area contributed by atoms with Crippen molar-refractivity contribution in [2.75, 3.05) is 13.1 Å². The molecular weight excluding hydrogens is 332 g/mol. The molecule has 4 rings (SSSR count). The first kappa shape index (κ1) is 17.1. The van der Waals surface area contributed by atoms with Gasteiger partial charge in [-0.15, -0.1) is 0 Å². The lowest BCUT2D eigenvalue weighted by atomic mass is 9.81. The van der Waals surface area contributed by atoms with Crippen LogP contribution in [-0.4, -0.2) is 57.7 Å². The van der Waals surface area contributed by atoms with Gasteiger partial charge in [0.05, 0.1) is 11.6 Å². The van der Waals surface area contributed by atoms with Crippen LogP contribution in [0.25, 0.3) is 0 Å². The highest BCUT2D eigenvalue weighted by atomic mass is 16.2. The maximum Gasteiger partial charge on any atom is 0.280 e. The number of likely N-dealkylation sites (tertiary alicyclic amines) is 1. The van der Waals surface area contributed by atoms with E-state index in [1.807, 2.05) is 4.90 Å². The number of hydrogen-bond acceptors (Lipinski definition) is 5. The molecule has 0 radical (unpaired) electrons. The molecule has 2 fully saturated rings. The topological polar surface area (TPSA) is 96.6 Å². The normalized spacial score (nSPS) is 27.0. The summed E-state index contributed by atoms with van der Waals surface area (Å²) in [4.78, 5) is 44.9. The van der Waals surface area contributed by atoms with E-state index in [1.165, 1.54) is 11.1 Å². The van der Waals surface area contributed by atoms with E-state index >= 15 is 0 Å². The second-order valence-electron chi connectivity index (χ2n) is 7.51. The fraction of sp³-hybridized carbons (Fsp3) is 0.579. The third-order valence-corrected chi connectivity index (χ3v) is 6.00. The fourth-order valence-electron chi connectivity index (χ4n) is 4.48. The Balaban J connectivity index is 1.39. The number of nitrogens with two attached hydrogens (primary N) is 1. The summed E-state index contributed by atoms with van der Waals surface area (Å²) in [6.45, 7) is 1.62. The molecule has 1 atom stereocenters. The number of hydrogen-bond donors (Lipinski definition) is 1. The van der Waals surface area contributed by atoms with Gasteiger partial charge in [0.1, 0.15) is 5.69 Å². The molecule has 1 aromatic rings. The largest absolute Gasteiger partial charge is 0.341 e. The highest BCUT2D eigenvalue weighted by Crippen LogP contribution is 2.34. The number of carbonyl (C=O) groups excluding carboxylic acids is 3. The molecule has 2 N–H and O–H groups in total. The van der Waals surface area contributed by atoms with E-state index in [2.05, 4.69) is 4.98 Å². The van der Waals surface area contributed by atoms with Crippen molar-refractivity contribution >= 4 is 17.7 Å². The lowest BCUT2D eigenvalue weighted by Gasteiger charge is -2.36. The monoisotopic (exact) mass is 356 g/mol. The number of carbonyl (C=O) groups is 3. The highest BCUT2D eigenvalue weighted by molar-refractivity contribution is 6.20. The van der Waals surface area contributed by atoms with Crippen molar-refractivity contribution in [1.29, 1.82) is 0 Å². The highest BCUT2D eigenvalue weighted by Gasteiger charge is 2.43. The Morgan fingerprint density at radius 3 is 2.46 bits per heavy atom. The van der Waals surface area contributed by atoms with E-state index in [9.17, 15) is 14.4 Å². The first-order chi connectivity index (χ1) is 12.6. The van der Waals surface area contributed by atoms with Crippen molar-refractivity contribution < 1.29 is 14.4 Å². The van der Waals surface area contributed by atoms with Gasteiger partial charge in [0.2, 0.25) is 5.91 Å². The summed E-state index contributed by atoms with van der Waals surface area (Å²) < 4.78 is 0. The van der Waals surface area contributed by atoms with Crippen LogP contribution in [0.2, 0.25) is 0 Å².